The number of esters is 1. The molecule has 0 radical (unpaired) electrons. The second-order valence-corrected chi connectivity index (χ2v) is 3.97. The van der Waals surface area contributed by atoms with Crippen molar-refractivity contribution < 1.29 is 14.6 Å². The molecule has 2 rings (SSSR count). The number of nitrogens with one attached hydrogen (secondary N) is 1. The molecule has 1 heterocycles. The SMILES string of the molecule is CCOC(=O)/C(C1=NCCN1)=C(\O)c1ccccc1. The molecular formula is C14H16N2O3. The summed E-state index contributed by atoms with van der Waals surface area (Å²) in [4.78, 5) is 16.2. The zero-order valence-corrected chi connectivity index (χ0v) is 10.7. The minimum absolute atomic E-state index is 0.0885. The maximum atomic E-state index is 12.0. The number of aliphatic hydroxyl groups is 1. The van der Waals surface area contributed by atoms with Gasteiger partial charge in [-0.1, -0.05) is 30.3 Å². The van der Waals surface area contributed by atoms with E-state index in [2.05, 4.69) is 10.3 Å². The Hall–Kier alpha value is -2.30. The normalized spacial score (nSPS) is 15.3. The van der Waals surface area contributed by atoms with Gasteiger partial charge in [0.2, 0.25) is 0 Å². The van der Waals surface area contributed by atoms with E-state index in [1.807, 2.05) is 6.07 Å². The first-order chi connectivity index (χ1) is 9.24. The summed E-state index contributed by atoms with van der Waals surface area (Å²) < 4.78 is 4.98. The Kier molecular flexibility index (Phi) is 4.18. The van der Waals surface area contributed by atoms with Crippen molar-refractivity contribution in [3.05, 3.63) is 41.5 Å². The van der Waals surface area contributed by atoms with Crippen LogP contribution in [-0.2, 0) is 9.53 Å². The molecule has 0 bridgehead atoms. The highest BCUT2D eigenvalue weighted by molar-refractivity contribution is 6.23. The van der Waals surface area contributed by atoms with Crippen LogP contribution in [0, 0.1) is 0 Å². The van der Waals surface area contributed by atoms with Crippen LogP contribution in [0.1, 0.15) is 12.5 Å². The molecule has 19 heavy (non-hydrogen) atoms. The molecule has 5 nitrogen and oxygen atoms in total. The number of rotatable bonds is 4. The number of nitrogens with zero attached hydrogens (tertiary/aromatic N) is 1. The molecular weight excluding hydrogens is 244 g/mol. The molecule has 0 spiro atoms. The molecule has 2 N–H and O–H groups in total. The molecule has 0 atom stereocenters. The van der Waals surface area contributed by atoms with Gasteiger partial charge < -0.3 is 15.2 Å². The second-order valence-electron chi connectivity index (χ2n) is 3.97. The lowest BCUT2D eigenvalue weighted by molar-refractivity contribution is -0.137. The topological polar surface area (TPSA) is 70.9 Å². The maximum Gasteiger partial charge on any atom is 0.345 e. The molecule has 1 aliphatic heterocycles. The predicted molar refractivity (Wildman–Crippen MR) is 72.9 cm³/mol. The van der Waals surface area contributed by atoms with Crippen LogP contribution in [0.5, 0.6) is 0 Å². The summed E-state index contributed by atoms with van der Waals surface area (Å²) in [5, 5.41) is 13.3. The van der Waals surface area contributed by atoms with Crippen molar-refractivity contribution in [3.63, 3.8) is 0 Å². The first kappa shape index (κ1) is 13.1. The van der Waals surface area contributed by atoms with Crippen LogP contribution in [0.4, 0.5) is 0 Å². The van der Waals surface area contributed by atoms with Crippen LogP contribution in [0.15, 0.2) is 40.9 Å². The van der Waals surface area contributed by atoms with Crippen LogP contribution in [0.3, 0.4) is 0 Å². The molecule has 0 fully saturated rings. The van der Waals surface area contributed by atoms with E-state index in [1.54, 1.807) is 31.2 Å². The van der Waals surface area contributed by atoms with E-state index in [0.717, 1.165) is 0 Å². The van der Waals surface area contributed by atoms with E-state index in [1.165, 1.54) is 0 Å². The van der Waals surface area contributed by atoms with Gasteiger partial charge in [0.1, 0.15) is 17.2 Å². The maximum absolute atomic E-state index is 12.0. The van der Waals surface area contributed by atoms with Crippen molar-refractivity contribution in [2.45, 2.75) is 6.92 Å². The lowest BCUT2D eigenvalue weighted by Gasteiger charge is -2.10. The summed E-state index contributed by atoms with van der Waals surface area (Å²) in [6.07, 6.45) is 0. The Bertz CT molecular complexity index is 521. The number of carbonyl (C=O) groups excluding carboxylic acids is 1. The summed E-state index contributed by atoms with van der Waals surface area (Å²) in [5.41, 5.74) is 0.646. The molecule has 1 aliphatic rings. The number of hydrogen-bond donors (Lipinski definition) is 2. The van der Waals surface area contributed by atoms with Gasteiger partial charge in [0.15, 0.2) is 0 Å². The number of amidine groups is 1. The third-order valence-electron chi connectivity index (χ3n) is 2.67. The van der Waals surface area contributed by atoms with Crippen molar-refractivity contribution in [1.29, 1.82) is 0 Å². The number of aliphatic hydroxyl groups excluding tert-OH is 1. The molecule has 0 saturated heterocycles. The number of benzene rings is 1. The van der Waals surface area contributed by atoms with Gasteiger partial charge in [0, 0.05) is 12.1 Å². The van der Waals surface area contributed by atoms with E-state index < -0.39 is 5.97 Å². The van der Waals surface area contributed by atoms with Gasteiger partial charge in [0.05, 0.1) is 13.2 Å². The average Bonchev–Trinajstić information content (AvgIpc) is 2.94. The van der Waals surface area contributed by atoms with E-state index in [-0.39, 0.29) is 17.9 Å². The molecule has 5 heteroatoms. The van der Waals surface area contributed by atoms with Crippen LogP contribution in [0.2, 0.25) is 0 Å². The molecule has 0 unspecified atom stereocenters. The van der Waals surface area contributed by atoms with Crippen molar-refractivity contribution in [3.8, 4) is 0 Å². The Morgan fingerprint density at radius 3 is 2.74 bits per heavy atom. The summed E-state index contributed by atoms with van der Waals surface area (Å²) in [7, 11) is 0. The minimum Gasteiger partial charge on any atom is -0.506 e. The number of aliphatic imine (C=N–C) groups is 1. The number of hydrogen-bond acceptors (Lipinski definition) is 5. The summed E-state index contributed by atoms with van der Waals surface area (Å²) in [6.45, 7) is 3.21. The van der Waals surface area contributed by atoms with Gasteiger partial charge in [-0.25, -0.2) is 4.79 Å². The Morgan fingerprint density at radius 1 is 1.42 bits per heavy atom. The van der Waals surface area contributed by atoms with E-state index in [0.29, 0.717) is 24.5 Å². The molecule has 0 amide bonds. The molecule has 0 saturated carbocycles. The van der Waals surface area contributed by atoms with Crippen molar-refractivity contribution in [1.82, 2.24) is 5.32 Å². The van der Waals surface area contributed by atoms with Crippen LogP contribution in [-0.4, -0.2) is 36.6 Å². The van der Waals surface area contributed by atoms with Crippen molar-refractivity contribution in [2.24, 2.45) is 4.99 Å². The van der Waals surface area contributed by atoms with E-state index in [4.69, 9.17) is 4.74 Å². The average molecular weight is 260 g/mol. The highest BCUT2D eigenvalue weighted by Gasteiger charge is 2.25. The largest absolute Gasteiger partial charge is 0.506 e. The van der Waals surface area contributed by atoms with Gasteiger partial charge in [-0.3, -0.25) is 4.99 Å². The van der Waals surface area contributed by atoms with E-state index in [9.17, 15) is 9.90 Å². The van der Waals surface area contributed by atoms with Crippen LogP contribution in [0.25, 0.3) is 5.76 Å². The summed E-state index contributed by atoms with van der Waals surface area (Å²) in [6, 6.07) is 8.87. The third kappa shape index (κ3) is 2.93. The predicted octanol–water partition coefficient (Wildman–Crippen LogP) is 1.52. The van der Waals surface area contributed by atoms with Gasteiger partial charge >= 0.3 is 5.97 Å². The highest BCUT2D eigenvalue weighted by atomic mass is 16.5. The monoisotopic (exact) mass is 260 g/mol. The lowest BCUT2D eigenvalue weighted by atomic mass is 10.1. The first-order valence-corrected chi connectivity index (χ1v) is 6.18. The minimum atomic E-state index is -0.572. The third-order valence-corrected chi connectivity index (χ3v) is 2.67. The van der Waals surface area contributed by atoms with Crippen LogP contribution < -0.4 is 5.32 Å². The lowest BCUT2D eigenvalue weighted by Crippen LogP contribution is -2.27. The molecule has 1 aromatic rings. The Morgan fingerprint density at radius 2 is 2.16 bits per heavy atom. The molecule has 1 aromatic carbocycles. The number of carbonyl (C=O) groups is 1. The Labute approximate surface area is 111 Å². The molecule has 100 valence electrons. The van der Waals surface area contributed by atoms with Gasteiger partial charge in [-0.05, 0) is 6.92 Å². The second kappa shape index (κ2) is 6.04. The van der Waals surface area contributed by atoms with Gasteiger partial charge in [-0.15, -0.1) is 0 Å². The zero-order valence-electron chi connectivity index (χ0n) is 10.7. The van der Waals surface area contributed by atoms with Crippen LogP contribution >= 0.6 is 0 Å². The highest BCUT2D eigenvalue weighted by Crippen LogP contribution is 2.18. The fraction of sp³-hybridized carbons (Fsp3) is 0.286. The standard InChI is InChI=1S/C14H16N2O3/c1-2-19-14(18)11(13-15-8-9-16-13)12(17)10-6-4-3-5-7-10/h3-7,17H,2,8-9H2,1H3,(H,15,16)/b12-11-. The summed E-state index contributed by atoms with van der Waals surface area (Å²) >= 11 is 0. The smallest absolute Gasteiger partial charge is 0.345 e. The summed E-state index contributed by atoms with van der Waals surface area (Å²) in [5.74, 6) is -0.302. The first-order valence-electron chi connectivity index (χ1n) is 6.18. The fourth-order valence-electron chi connectivity index (χ4n) is 1.81. The van der Waals surface area contributed by atoms with Gasteiger partial charge in [-0.2, -0.15) is 0 Å². The Balaban J connectivity index is 2.44. The van der Waals surface area contributed by atoms with Gasteiger partial charge in [0.25, 0.3) is 0 Å². The molecule has 0 aromatic heterocycles. The van der Waals surface area contributed by atoms with Crippen molar-refractivity contribution >= 4 is 17.6 Å². The molecule has 0 aliphatic carbocycles. The quantitative estimate of drug-likeness (QED) is 0.489. The fourth-order valence-corrected chi connectivity index (χ4v) is 1.81. The van der Waals surface area contributed by atoms with E-state index >= 15 is 0 Å². The number of ether oxygens (including phenoxy) is 1. The van der Waals surface area contributed by atoms with Crippen molar-refractivity contribution in [2.75, 3.05) is 19.7 Å². The zero-order chi connectivity index (χ0) is 13.7.